The normalized spacial score (nSPS) is 12.8. The lowest BCUT2D eigenvalue weighted by atomic mass is 10.0. The Morgan fingerprint density at radius 3 is 2.76 bits per heavy atom. The third-order valence-electron chi connectivity index (χ3n) is 3.78. The van der Waals surface area contributed by atoms with Crippen molar-refractivity contribution in [1.29, 1.82) is 0 Å². The van der Waals surface area contributed by atoms with Gasteiger partial charge in [-0.1, -0.05) is 25.4 Å². The van der Waals surface area contributed by atoms with E-state index in [2.05, 4.69) is 37.3 Å². The van der Waals surface area contributed by atoms with Crippen LogP contribution < -0.4 is 5.32 Å². The number of likely N-dealkylation sites (N-methyl/N-ethyl adjacent to an activating group) is 1. The van der Waals surface area contributed by atoms with Crippen LogP contribution in [0.15, 0.2) is 16.7 Å². The van der Waals surface area contributed by atoms with Gasteiger partial charge in [0.25, 0.3) is 0 Å². The fraction of sp³-hybridized carbons (Fsp3) is 0.562. The van der Waals surface area contributed by atoms with Gasteiger partial charge in [0, 0.05) is 31.0 Å². The molecule has 0 aliphatic heterocycles. The quantitative estimate of drug-likeness (QED) is 0.843. The van der Waals surface area contributed by atoms with Gasteiger partial charge in [-0.3, -0.25) is 4.68 Å². The maximum atomic E-state index is 6.44. The Morgan fingerprint density at radius 1 is 1.38 bits per heavy atom. The molecule has 2 rings (SSSR count). The number of halogens is 1. The van der Waals surface area contributed by atoms with E-state index in [4.69, 9.17) is 16.0 Å². The second kappa shape index (κ2) is 7.14. The lowest BCUT2D eigenvalue weighted by molar-refractivity contribution is 0.478. The zero-order chi connectivity index (χ0) is 15.4. The molecule has 21 heavy (non-hydrogen) atoms. The maximum Gasteiger partial charge on any atom is 0.108 e. The summed E-state index contributed by atoms with van der Waals surface area (Å²) in [6, 6.07) is 2.25. The van der Waals surface area contributed by atoms with E-state index in [1.165, 1.54) is 5.56 Å². The smallest absolute Gasteiger partial charge is 0.108 e. The van der Waals surface area contributed by atoms with Gasteiger partial charge >= 0.3 is 0 Å². The van der Waals surface area contributed by atoms with Crippen molar-refractivity contribution in [2.24, 2.45) is 0 Å². The van der Waals surface area contributed by atoms with Crippen LogP contribution in [0, 0.1) is 6.92 Å². The highest BCUT2D eigenvalue weighted by Gasteiger charge is 2.21. The van der Waals surface area contributed by atoms with Crippen molar-refractivity contribution in [3.05, 3.63) is 40.1 Å². The molecule has 1 unspecified atom stereocenters. The lowest BCUT2D eigenvalue weighted by Crippen LogP contribution is -2.24. The zero-order valence-electron chi connectivity index (χ0n) is 13.2. The molecule has 4 nitrogen and oxygen atoms in total. The molecule has 0 saturated heterocycles. The fourth-order valence-electron chi connectivity index (χ4n) is 2.74. The standard InChI is InChI=1S/C16H24ClN3O/c1-5-15-12(8-9-21-15)13(18-6-2)10-14-16(17)11(4)19-20(14)7-3/h8-9,13,18H,5-7,10H2,1-4H3. The Hall–Kier alpha value is -1.26. The van der Waals surface area contributed by atoms with E-state index >= 15 is 0 Å². The molecule has 116 valence electrons. The number of rotatable bonds is 7. The van der Waals surface area contributed by atoms with E-state index in [0.717, 1.165) is 48.1 Å². The first-order valence-corrected chi connectivity index (χ1v) is 8.01. The van der Waals surface area contributed by atoms with Gasteiger partial charge in [0.2, 0.25) is 0 Å². The number of furan rings is 1. The zero-order valence-corrected chi connectivity index (χ0v) is 14.0. The molecule has 0 spiro atoms. The van der Waals surface area contributed by atoms with E-state index < -0.39 is 0 Å². The van der Waals surface area contributed by atoms with Gasteiger partial charge < -0.3 is 9.73 Å². The van der Waals surface area contributed by atoms with Gasteiger partial charge in [0.05, 0.1) is 22.7 Å². The van der Waals surface area contributed by atoms with Crippen LogP contribution in [0.3, 0.4) is 0 Å². The summed E-state index contributed by atoms with van der Waals surface area (Å²) in [5.41, 5.74) is 3.20. The number of nitrogens with zero attached hydrogens (tertiary/aromatic N) is 2. The molecule has 1 N–H and O–H groups in total. The van der Waals surface area contributed by atoms with Crippen molar-refractivity contribution in [2.75, 3.05) is 6.54 Å². The molecule has 5 heteroatoms. The fourth-order valence-corrected chi connectivity index (χ4v) is 2.96. The first-order chi connectivity index (χ1) is 10.1. The average molecular weight is 310 g/mol. The average Bonchev–Trinajstić information content (AvgIpc) is 3.06. The number of hydrogen-bond donors (Lipinski definition) is 1. The molecule has 0 aliphatic carbocycles. The molecule has 0 radical (unpaired) electrons. The Bertz CT molecular complexity index is 588. The number of hydrogen-bond acceptors (Lipinski definition) is 3. The molecule has 0 aliphatic rings. The summed E-state index contributed by atoms with van der Waals surface area (Å²) in [5.74, 6) is 1.04. The highest BCUT2D eigenvalue weighted by Crippen LogP contribution is 2.28. The molecule has 2 aromatic rings. The summed E-state index contributed by atoms with van der Waals surface area (Å²) in [6.45, 7) is 9.99. The van der Waals surface area contributed by atoms with Crippen LogP contribution in [0.25, 0.3) is 0 Å². The van der Waals surface area contributed by atoms with Crippen LogP contribution in [-0.2, 0) is 19.4 Å². The highest BCUT2D eigenvalue weighted by atomic mass is 35.5. The first-order valence-electron chi connectivity index (χ1n) is 7.63. The minimum absolute atomic E-state index is 0.197. The summed E-state index contributed by atoms with van der Waals surface area (Å²) in [4.78, 5) is 0. The van der Waals surface area contributed by atoms with Gasteiger partial charge in [-0.25, -0.2) is 0 Å². The van der Waals surface area contributed by atoms with Crippen molar-refractivity contribution >= 4 is 11.6 Å². The summed E-state index contributed by atoms with van der Waals surface area (Å²) >= 11 is 6.44. The van der Waals surface area contributed by atoms with Crippen LogP contribution in [-0.4, -0.2) is 16.3 Å². The number of aromatic nitrogens is 2. The summed E-state index contributed by atoms with van der Waals surface area (Å²) in [5, 5.41) is 8.81. The predicted molar refractivity (Wildman–Crippen MR) is 85.9 cm³/mol. The molecular weight excluding hydrogens is 286 g/mol. The molecule has 0 amide bonds. The third-order valence-corrected chi connectivity index (χ3v) is 4.27. The monoisotopic (exact) mass is 309 g/mol. The van der Waals surface area contributed by atoms with Crippen LogP contribution >= 0.6 is 11.6 Å². The highest BCUT2D eigenvalue weighted by molar-refractivity contribution is 6.31. The van der Waals surface area contributed by atoms with Gasteiger partial charge in [0.15, 0.2) is 0 Å². The second-order valence-corrected chi connectivity index (χ2v) is 5.51. The maximum absolute atomic E-state index is 6.44. The Morgan fingerprint density at radius 2 is 2.14 bits per heavy atom. The summed E-state index contributed by atoms with van der Waals surface area (Å²) < 4.78 is 7.57. The summed E-state index contributed by atoms with van der Waals surface area (Å²) in [6.07, 6.45) is 3.47. The van der Waals surface area contributed by atoms with Crippen molar-refractivity contribution in [1.82, 2.24) is 15.1 Å². The van der Waals surface area contributed by atoms with E-state index in [9.17, 15) is 0 Å². The first kappa shape index (κ1) is 16.1. The largest absolute Gasteiger partial charge is 0.469 e. The van der Waals surface area contributed by atoms with Crippen LogP contribution in [0.5, 0.6) is 0 Å². The van der Waals surface area contributed by atoms with Gasteiger partial charge in [-0.15, -0.1) is 0 Å². The third kappa shape index (κ3) is 3.33. The van der Waals surface area contributed by atoms with Crippen LogP contribution in [0.1, 0.15) is 49.5 Å². The minimum atomic E-state index is 0.197. The van der Waals surface area contributed by atoms with Crippen molar-refractivity contribution in [3.8, 4) is 0 Å². The molecule has 0 bridgehead atoms. The lowest BCUT2D eigenvalue weighted by Gasteiger charge is -2.19. The molecule has 0 saturated carbocycles. The van der Waals surface area contributed by atoms with Crippen LogP contribution in [0.2, 0.25) is 5.02 Å². The topological polar surface area (TPSA) is 43.0 Å². The van der Waals surface area contributed by atoms with Crippen molar-refractivity contribution in [3.63, 3.8) is 0 Å². The molecular formula is C16H24ClN3O. The number of aryl methyl sites for hydroxylation is 3. The minimum Gasteiger partial charge on any atom is -0.469 e. The Balaban J connectivity index is 2.33. The van der Waals surface area contributed by atoms with Crippen molar-refractivity contribution < 1.29 is 4.42 Å². The van der Waals surface area contributed by atoms with E-state index in [1.54, 1.807) is 6.26 Å². The van der Waals surface area contributed by atoms with Gasteiger partial charge in [0.1, 0.15) is 5.76 Å². The summed E-state index contributed by atoms with van der Waals surface area (Å²) in [7, 11) is 0. The molecule has 0 aromatic carbocycles. The SMILES string of the molecule is CCNC(Cc1c(Cl)c(C)nn1CC)c1ccoc1CC. The van der Waals surface area contributed by atoms with Crippen LogP contribution in [0.4, 0.5) is 0 Å². The second-order valence-electron chi connectivity index (χ2n) is 5.13. The molecule has 0 fully saturated rings. The van der Waals surface area contributed by atoms with E-state index in [-0.39, 0.29) is 6.04 Å². The van der Waals surface area contributed by atoms with Gasteiger partial charge in [-0.2, -0.15) is 5.10 Å². The molecule has 1 atom stereocenters. The van der Waals surface area contributed by atoms with Gasteiger partial charge in [-0.05, 0) is 26.5 Å². The van der Waals surface area contributed by atoms with E-state index in [0.29, 0.717) is 0 Å². The Labute approximate surface area is 131 Å². The number of nitrogens with one attached hydrogen (secondary N) is 1. The van der Waals surface area contributed by atoms with E-state index in [1.807, 2.05) is 11.6 Å². The molecule has 2 heterocycles. The predicted octanol–water partition coefficient (Wildman–Crippen LogP) is 3.91. The van der Waals surface area contributed by atoms with Crippen molar-refractivity contribution in [2.45, 2.75) is 53.1 Å². The molecule has 2 aromatic heterocycles. The Kier molecular flexibility index (Phi) is 5.48.